The lowest BCUT2D eigenvalue weighted by Gasteiger charge is -2.26. The number of ether oxygens (including phenoxy) is 1. The van der Waals surface area contributed by atoms with Gasteiger partial charge in [-0.15, -0.1) is 0 Å². The van der Waals surface area contributed by atoms with Gasteiger partial charge in [-0.1, -0.05) is 29.8 Å². The summed E-state index contributed by atoms with van der Waals surface area (Å²) < 4.78 is 4.97. The van der Waals surface area contributed by atoms with Crippen molar-refractivity contribution in [3.05, 3.63) is 35.4 Å². The Morgan fingerprint density at radius 2 is 2.04 bits per heavy atom. The Bertz CT molecular complexity index is 723. The number of fused-ring (bicyclic) bond motifs is 1. The Morgan fingerprint density at radius 3 is 2.76 bits per heavy atom. The number of hydrogen-bond donors (Lipinski definition) is 1. The van der Waals surface area contributed by atoms with Gasteiger partial charge in [0.05, 0.1) is 12.3 Å². The number of amidine groups is 1. The van der Waals surface area contributed by atoms with Crippen LogP contribution in [0.15, 0.2) is 39.4 Å². The third kappa shape index (κ3) is 3.87. The molecular formula is C18H23N5O2. The van der Waals surface area contributed by atoms with E-state index in [2.05, 4.69) is 41.2 Å². The molecular weight excluding hydrogens is 318 g/mol. The van der Waals surface area contributed by atoms with Crippen molar-refractivity contribution in [3.8, 4) is 0 Å². The van der Waals surface area contributed by atoms with Gasteiger partial charge in [0.2, 0.25) is 0 Å². The highest BCUT2D eigenvalue weighted by Crippen LogP contribution is 2.29. The molecule has 2 aliphatic rings. The molecule has 0 fully saturated rings. The summed E-state index contributed by atoms with van der Waals surface area (Å²) in [6.45, 7) is 4.63. The van der Waals surface area contributed by atoms with Gasteiger partial charge >= 0.3 is 5.97 Å². The molecule has 2 atom stereocenters. The van der Waals surface area contributed by atoms with Crippen LogP contribution in [0.1, 0.15) is 30.9 Å². The van der Waals surface area contributed by atoms with Crippen LogP contribution in [0, 0.1) is 12.8 Å². The van der Waals surface area contributed by atoms with Gasteiger partial charge in [0.25, 0.3) is 0 Å². The van der Waals surface area contributed by atoms with E-state index in [4.69, 9.17) is 15.6 Å². The molecule has 0 saturated carbocycles. The number of carbonyl (C=O) groups is 1. The fraction of sp³-hybridized carbons (Fsp3) is 0.444. The summed E-state index contributed by atoms with van der Waals surface area (Å²) in [5, 5.41) is 6.75. The van der Waals surface area contributed by atoms with Gasteiger partial charge in [0.15, 0.2) is 6.17 Å². The Kier molecular flexibility index (Phi) is 5.11. The molecule has 0 bridgehead atoms. The number of hydrogen-bond acceptors (Lipinski definition) is 7. The highest BCUT2D eigenvalue weighted by molar-refractivity contribution is 6.17. The normalized spacial score (nSPS) is 21.6. The second kappa shape index (κ2) is 7.46. The second-order valence-electron chi connectivity index (χ2n) is 6.27. The Morgan fingerprint density at radius 1 is 1.28 bits per heavy atom. The van der Waals surface area contributed by atoms with Gasteiger partial charge in [0, 0.05) is 13.5 Å². The molecule has 7 heteroatoms. The average molecular weight is 341 g/mol. The Balaban J connectivity index is 1.72. The van der Waals surface area contributed by atoms with Gasteiger partial charge in [-0.05, 0) is 25.3 Å². The number of nitrogens with two attached hydrogens (primary N) is 1. The first-order chi connectivity index (χ1) is 12.1. The molecule has 0 radical (unpaired) electrons. The summed E-state index contributed by atoms with van der Waals surface area (Å²) in [6.07, 6.45) is 3.00. The molecule has 2 unspecified atom stereocenters. The minimum Gasteiger partial charge on any atom is -0.466 e. The molecule has 0 saturated heterocycles. The highest BCUT2D eigenvalue weighted by Gasteiger charge is 2.41. The minimum atomic E-state index is -0.248. The van der Waals surface area contributed by atoms with E-state index in [1.165, 1.54) is 18.8 Å². The Hall–Kier alpha value is -2.70. The second-order valence-corrected chi connectivity index (χ2v) is 6.27. The van der Waals surface area contributed by atoms with Crippen LogP contribution in [0.2, 0.25) is 0 Å². The van der Waals surface area contributed by atoms with E-state index in [-0.39, 0.29) is 18.1 Å². The van der Waals surface area contributed by atoms with Crippen LogP contribution in [-0.2, 0) is 9.53 Å². The van der Waals surface area contributed by atoms with Crippen LogP contribution in [0.25, 0.3) is 0 Å². The number of aryl methyl sites for hydroxylation is 1. The van der Waals surface area contributed by atoms with E-state index in [0.29, 0.717) is 12.4 Å². The third-order valence-electron chi connectivity index (χ3n) is 4.31. The lowest BCUT2D eigenvalue weighted by Crippen LogP contribution is -2.42. The van der Waals surface area contributed by atoms with Gasteiger partial charge in [-0.2, -0.15) is 5.10 Å². The number of unbranched alkanes of at least 4 members (excludes halogenated alkanes) is 1. The van der Waals surface area contributed by atoms with Crippen molar-refractivity contribution in [3.63, 3.8) is 0 Å². The first kappa shape index (κ1) is 17.1. The maximum absolute atomic E-state index is 10.8. The smallest absolute Gasteiger partial charge is 0.302 e. The fourth-order valence-corrected chi connectivity index (χ4v) is 3.01. The van der Waals surface area contributed by atoms with Crippen LogP contribution in [0.3, 0.4) is 0 Å². The number of benzene rings is 1. The van der Waals surface area contributed by atoms with Crippen molar-refractivity contribution >= 4 is 23.9 Å². The van der Waals surface area contributed by atoms with E-state index in [9.17, 15) is 4.79 Å². The number of carbonyl (C=O) groups excluding carboxylic acids is 1. The maximum Gasteiger partial charge on any atom is 0.302 e. The molecule has 1 aromatic rings. The van der Waals surface area contributed by atoms with Crippen LogP contribution >= 0.6 is 0 Å². The zero-order valence-electron chi connectivity index (χ0n) is 14.6. The van der Waals surface area contributed by atoms with Crippen LogP contribution in [0.5, 0.6) is 0 Å². The number of esters is 1. The third-order valence-corrected chi connectivity index (χ3v) is 4.31. The topological polar surface area (TPSA) is 92.6 Å². The van der Waals surface area contributed by atoms with Crippen molar-refractivity contribution in [1.29, 1.82) is 0 Å². The molecule has 0 aliphatic carbocycles. The van der Waals surface area contributed by atoms with Gasteiger partial charge in [-0.3, -0.25) is 9.80 Å². The van der Waals surface area contributed by atoms with E-state index in [1.54, 1.807) is 0 Å². The molecule has 0 spiro atoms. The van der Waals surface area contributed by atoms with Crippen molar-refractivity contribution in [1.82, 2.24) is 5.01 Å². The summed E-state index contributed by atoms with van der Waals surface area (Å²) in [5.74, 6) is 0.171. The lowest BCUT2D eigenvalue weighted by molar-refractivity contribution is -0.141. The number of hydrazone groups is 1. The van der Waals surface area contributed by atoms with E-state index in [1.807, 2.05) is 5.01 Å². The molecule has 0 aromatic heterocycles. The van der Waals surface area contributed by atoms with Crippen LogP contribution < -0.4 is 5.73 Å². The predicted molar refractivity (Wildman–Crippen MR) is 97.7 cm³/mol. The molecule has 7 nitrogen and oxygen atoms in total. The number of nitrogens with zero attached hydrogens (tertiary/aromatic N) is 4. The molecule has 2 aliphatic heterocycles. The van der Waals surface area contributed by atoms with Gasteiger partial charge in [-0.25, -0.2) is 9.98 Å². The molecule has 2 heterocycles. The van der Waals surface area contributed by atoms with Crippen LogP contribution in [-0.4, -0.2) is 48.2 Å². The lowest BCUT2D eigenvalue weighted by atomic mass is 9.93. The summed E-state index contributed by atoms with van der Waals surface area (Å²) in [7, 11) is 0. The van der Waals surface area contributed by atoms with Crippen LogP contribution in [0.4, 0.5) is 0 Å². The van der Waals surface area contributed by atoms with Crippen molar-refractivity contribution in [2.24, 2.45) is 26.7 Å². The molecule has 3 rings (SSSR count). The van der Waals surface area contributed by atoms with E-state index in [0.717, 1.165) is 30.7 Å². The molecule has 0 amide bonds. The zero-order chi connectivity index (χ0) is 17.8. The number of aliphatic imine (C=N–C) groups is 2. The minimum absolute atomic E-state index is 0.124. The monoisotopic (exact) mass is 341 g/mol. The molecule has 132 valence electrons. The molecule has 2 N–H and O–H groups in total. The predicted octanol–water partition coefficient (Wildman–Crippen LogP) is 1.70. The average Bonchev–Trinajstić information content (AvgIpc) is 2.95. The fourth-order valence-electron chi connectivity index (χ4n) is 3.01. The van der Waals surface area contributed by atoms with Gasteiger partial charge < -0.3 is 10.5 Å². The molecule has 1 aromatic carbocycles. The summed E-state index contributed by atoms with van der Waals surface area (Å²) in [4.78, 5) is 19.5. The van der Waals surface area contributed by atoms with Gasteiger partial charge in [0.1, 0.15) is 18.1 Å². The largest absolute Gasteiger partial charge is 0.466 e. The number of rotatable bonds is 6. The van der Waals surface area contributed by atoms with E-state index < -0.39 is 0 Å². The first-order valence-electron chi connectivity index (χ1n) is 8.46. The summed E-state index contributed by atoms with van der Waals surface area (Å²) >= 11 is 0. The van der Waals surface area contributed by atoms with Crippen molar-refractivity contribution in [2.75, 3.05) is 13.2 Å². The van der Waals surface area contributed by atoms with E-state index >= 15 is 0 Å². The van der Waals surface area contributed by atoms with Crippen molar-refractivity contribution < 1.29 is 9.53 Å². The molecule has 25 heavy (non-hydrogen) atoms. The maximum atomic E-state index is 10.8. The SMILES string of the molecule is CC(=O)OCCCCN1N=C(c2ccc(C)cc2)C2C(N)=NC=NC21. The quantitative estimate of drug-likeness (QED) is 0.629. The zero-order valence-corrected chi connectivity index (χ0v) is 14.6. The first-order valence-corrected chi connectivity index (χ1v) is 8.46. The summed E-state index contributed by atoms with van der Waals surface area (Å²) in [5.41, 5.74) is 9.29. The summed E-state index contributed by atoms with van der Waals surface area (Å²) in [6, 6.07) is 8.24. The standard InChI is InChI=1S/C18H23N5O2/c1-12-5-7-14(8-6-12)16-15-17(19)20-11-21-18(15)23(22-16)9-3-4-10-25-13(2)24/h5-8,11,15,18H,3-4,9-10H2,1-2H3,(H2,19,20,21). The van der Waals surface area contributed by atoms with Crippen molar-refractivity contribution in [2.45, 2.75) is 32.9 Å². The highest BCUT2D eigenvalue weighted by atomic mass is 16.5. The Labute approximate surface area is 147 Å².